The first kappa shape index (κ1) is 24.7. The Bertz CT molecular complexity index is 1230. The van der Waals surface area contributed by atoms with Crippen molar-refractivity contribution in [2.75, 3.05) is 40.1 Å². The van der Waals surface area contributed by atoms with E-state index < -0.39 is 15.9 Å². The molecule has 0 unspecified atom stereocenters. The molecule has 2 atom stereocenters. The minimum atomic E-state index is -3.16. The van der Waals surface area contributed by atoms with Crippen LogP contribution in [-0.2, 0) is 24.2 Å². The fourth-order valence-electron chi connectivity index (χ4n) is 4.67. The molecule has 186 valence electrons. The van der Waals surface area contributed by atoms with E-state index in [1.165, 1.54) is 0 Å². The number of carbonyl (C=O) groups is 3. The Hall–Kier alpha value is -3.40. The van der Waals surface area contributed by atoms with Crippen molar-refractivity contribution in [1.82, 2.24) is 4.90 Å². The van der Waals surface area contributed by atoms with Crippen LogP contribution in [0, 0.1) is 6.92 Å². The van der Waals surface area contributed by atoms with Gasteiger partial charge in [-0.1, -0.05) is 29.8 Å². The monoisotopic (exact) mass is 498 g/mol. The van der Waals surface area contributed by atoms with Gasteiger partial charge in [-0.15, -0.1) is 0 Å². The van der Waals surface area contributed by atoms with E-state index in [0.717, 1.165) is 5.56 Å². The Morgan fingerprint density at radius 2 is 1.86 bits per heavy atom. The smallest absolute Gasteiger partial charge is 0.247 e. The van der Waals surface area contributed by atoms with Crippen LogP contribution in [-0.4, -0.2) is 67.7 Å². The van der Waals surface area contributed by atoms with Crippen LogP contribution < -0.4 is 15.5 Å². The predicted octanol–water partition coefficient (Wildman–Crippen LogP) is 2.19. The first-order chi connectivity index (χ1) is 16.7. The molecule has 2 aromatic rings. The molecule has 0 bridgehead atoms. The molecule has 1 fully saturated rings. The van der Waals surface area contributed by atoms with E-state index in [4.69, 9.17) is 0 Å². The van der Waals surface area contributed by atoms with E-state index in [1.54, 1.807) is 46.2 Å². The second-order valence-corrected chi connectivity index (χ2v) is 11.2. The number of amides is 3. The minimum Gasteiger partial charge on any atom is -0.348 e. The van der Waals surface area contributed by atoms with Gasteiger partial charge in [0.05, 0.1) is 35.8 Å². The Balaban J connectivity index is 1.55. The summed E-state index contributed by atoms with van der Waals surface area (Å²) in [6.07, 6.45) is 0.257. The summed E-state index contributed by atoms with van der Waals surface area (Å²) in [5, 5.41) is 5.65. The van der Waals surface area contributed by atoms with E-state index in [0.29, 0.717) is 30.0 Å². The normalized spacial score (nSPS) is 20.6. The number of hydrogen-bond donors (Lipinski definition) is 2. The summed E-state index contributed by atoms with van der Waals surface area (Å²) in [5.74, 6) is -0.977. The van der Waals surface area contributed by atoms with Crippen LogP contribution in [0.5, 0.6) is 0 Å². The maximum Gasteiger partial charge on any atom is 0.247 e. The highest BCUT2D eigenvalue weighted by Crippen LogP contribution is 2.33. The van der Waals surface area contributed by atoms with Crippen molar-refractivity contribution in [2.24, 2.45) is 0 Å². The highest BCUT2D eigenvalue weighted by atomic mass is 32.2. The van der Waals surface area contributed by atoms with Gasteiger partial charge in [0.2, 0.25) is 17.7 Å². The number of nitrogens with one attached hydrogen (secondary N) is 2. The lowest BCUT2D eigenvalue weighted by Crippen LogP contribution is -2.54. The van der Waals surface area contributed by atoms with Crippen LogP contribution in [0.25, 0.3) is 0 Å². The van der Waals surface area contributed by atoms with Crippen LogP contribution in [0.2, 0.25) is 0 Å². The largest absolute Gasteiger partial charge is 0.348 e. The van der Waals surface area contributed by atoms with E-state index in [2.05, 4.69) is 10.6 Å². The molecule has 2 heterocycles. The van der Waals surface area contributed by atoms with Crippen LogP contribution >= 0.6 is 0 Å². The topological polar surface area (TPSA) is 116 Å². The van der Waals surface area contributed by atoms with Crippen molar-refractivity contribution in [1.29, 1.82) is 0 Å². The number of sulfone groups is 1. The lowest BCUT2D eigenvalue weighted by molar-refractivity contribution is -0.131. The van der Waals surface area contributed by atoms with E-state index in [9.17, 15) is 22.8 Å². The summed E-state index contributed by atoms with van der Waals surface area (Å²) in [5.41, 5.74) is 2.89. The summed E-state index contributed by atoms with van der Waals surface area (Å²) in [6.45, 7) is 3.98. The van der Waals surface area contributed by atoms with Gasteiger partial charge in [-0.25, -0.2) is 8.42 Å². The van der Waals surface area contributed by atoms with E-state index >= 15 is 0 Å². The number of likely N-dealkylation sites (N-methyl/N-ethyl adjacent to an activating group) is 1. The average Bonchev–Trinajstić information content (AvgIpc) is 3.17. The lowest BCUT2D eigenvalue weighted by atomic mass is 10.0. The maximum absolute atomic E-state index is 13.4. The first-order valence-electron chi connectivity index (χ1n) is 11.7. The third-order valence-electron chi connectivity index (χ3n) is 6.48. The van der Waals surface area contributed by atoms with Crippen molar-refractivity contribution in [2.45, 2.75) is 38.8 Å². The molecule has 10 heteroatoms. The number of anilines is 3. The van der Waals surface area contributed by atoms with Gasteiger partial charge in [-0.3, -0.25) is 14.4 Å². The maximum atomic E-state index is 13.4. The molecule has 0 saturated carbocycles. The number of fused-ring (bicyclic) bond motifs is 1. The molecule has 35 heavy (non-hydrogen) atoms. The number of aryl methyl sites for hydroxylation is 1. The number of nitrogens with zero attached hydrogens (tertiary/aromatic N) is 2. The number of carbonyl (C=O) groups excluding carboxylic acids is 3. The Morgan fingerprint density at radius 1 is 1.14 bits per heavy atom. The number of para-hydroxylation sites is 2. The summed E-state index contributed by atoms with van der Waals surface area (Å²) < 4.78 is 24.0. The molecule has 0 aromatic heterocycles. The van der Waals surface area contributed by atoms with Crippen molar-refractivity contribution in [3.05, 3.63) is 54.1 Å². The fourth-order valence-corrected chi connectivity index (χ4v) is 6.40. The van der Waals surface area contributed by atoms with Crippen LogP contribution in [0.3, 0.4) is 0 Å². The first-order valence-corrected chi connectivity index (χ1v) is 13.5. The molecule has 2 aliphatic heterocycles. The molecule has 9 nitrogen and oxygen atoms in total. The van der Waals surface area contributed by atoms with E-state index in [-0.39, 0.29) is 48.2 Å². The molecule has 0 spiro atoms. The van der Waals surface area contributed by atoms with Crippen molar-refractivity contribution in [3.8, 4) is 0 Å². The Kier molecular flexibility index (Phi) is 7.11. The second kappa shape index (κ2) is 10.1. The summed E-state index contributed by atoms with van der Waals surface area (Å²) >= 11 is 0. The minimum absolute atomic E-state index is 0.0496. The van der Waals surface area contributed by atoms with Crippen LogP contribution in [0.1, 0.15) is 25.3 Å². The van der Waals surface area contributed by atoms with E-state index in [1.807, 2.05) is 26.0 Å². The van der Waals surface area contributed by atoms with Crippen molar-refractivity contribution >= 4 is 44.6 Å². The predicted molar refractivity (Wildman–Crippen MR) is 135 cm³/mol. The summed E-state index contributed by atoms with van der Waals surface area (Å²) in [7, 11) is -3.16. The standard InChI is InChI=1S/C25H30N4O5S/c1-3-28(19-12-13-35(33,34)16-19)24(31)15-29-21-7-5-4-6-20(21)27-25(32)22(29)14-23(30)26-18-10-8-17(2)9-11-18/h4-11,19,22H,3,12-16H2,1-2H3,(H,26,30)(H,27,32)/t19-,22-/m0/s1. The zero-order valence-corrected chi connectivity index (χ0v) is 20.7. The summed E-state index contributed by atoms with van der Waals surface area (Å²) in [4.78, 5) is 42.5. The average molecular weight is 499 g/mol. The van der Waals surface area contributed by atoms with Gasteiger partial charge >= 0.3 is 0 Å². The highest BCUT2D eigenvalue weighted by Gasteiger charge is 2.38. The molecule has 1 saturated heterocycles. The van der Waals surface area contributed by atoms with Crippen molar-refractivity contribution < 1.29 is 22.8 Å². The number of benzene rings is 2. The zero-order chi connectivity index (χ0) is 25.2. The Labute approximate surface area is 205 Å². The van der Waals surface area contributed by atoms with Crippen LogP contribution in [0.4, 0.5) is 17.1 Å². The molecule has 2 aliphatic rings. The second-order valence-electron chi connectivity index (χ2n) is 9.01. The Morgan fingerprint density at radius 3 is 2.51 bits per heavy atom. The third kappa shape index (κ3) is 5.64. The van der Waals surface area contributed by atoms with Gasteiger partial charge in [0.25, 0.3) is 0 Å². The van der Waals surface area contributed by atoms with Gasteiger partial charge in [-0.05, 0) is 44.5 Å². The third-order valence-corrected chi connectivity index (χ3v) is 8.23. The molecular formula is C25H30N4O5S. The molecule has 2 aromatic carbocycles. The number of rotatable bonds is 7. The molecule has 2 N–H and O–H groups in total. The fraction of sp³-hybridized carbons (Fsp3) is 0.400. The quantitative estimate of drug-likeness (QED) is 0.605. The highest BCUT2D eigenvalue weighted by molar-refractivity contribution is 7.91. The molecule has 0 aliphatic carbocycles. The SMILES string of the molecule is CCN(C(=O)CN1c2ccccc2NC(=O)[C@@H]1CC(=O)Nc1ccc(C)cc1)[C@H]1CCS(=O)(=O)C1. The van der Waals surface area contributed by atoms with Crippen molar-refractivity contribution in [3.63, 3.8) is 0 Å². The van der Waals surface area contributed by atoms with Crippen LogP contribution in [0.15, 0.2) is 48.5 Å². The van der Waals surface area contributed by atoms with Gasteiger partial charge < -0.3 is 20.4 Å². The number of hydrogen-bond acceptors (Lipinski definition) is 6. The van der Waals surface area contributed by atoms with Gasteiger partial charge in [0.15, 0.2) is 9.84 Å². The molecule has 4 rings (SSSR count). The molecule has 0 radical (unpaired) electrons. The lowest BCUT2D eigenvalue weighted by Gasteiger charge is -2.39. The summed E-state index contributed by atoms with van der Waals surface area (Å²) in [6, 6.07) is 13.2. The van der Waals surface area contributed by atoms with Gasteiger partial charge in [0.1, 0.15) is 6.04 Å². The van der Waals surface area contributed by atoms with Gasteiger partial charge in [0, 0.05) is 18.3 Å². The zero-order valence-electron chi connectivity index (χ0n) is 19.9. The molecular weight excluding hydrogens is 468 g/mol. The van der Waals surface area contributed by atoms with Gasteiger partial charge in [-0.2, -0.15) is 0 Å². The molecule has 3 amide bonds.